The van der Waals surface area contributed by atoms with Crippen LogP contribution in [0.2, 0.25) is 0 Å². The zero-order valence-corrected chi connectivity index (χ0v) is 9.47. The number of thiophene rings is 1. The SMILES string of the molecule is Brc1cc(/C=N/OC2CCC2)cs1. The minimum atomic E-state index is 0.373. The summed E-state index contributed by atoms with van der Waals surface area (Å²) < 4.78 is 1.12. The maximum Gasteiger partial charge on any atom is 0.127 e. The van der Waals surface area contributed by atoms with Crippen LogP contribution >= 0.6 is 27.3 Å². The standard InChI is InChI=1S/C9H10BrNOS/c10-9-4-7(6-13-9)5-11-12-8-2-1-3-8/h4-6,8H,1-3H2/b11-5+. The molecule has 0 spiro atoms. The largest absolute Gasteiger partial charge is 0.393 e. The van der Waals surface area contributed by atoms with Crippen LogP contribution in [0.25, 0.3) is 0 Å². The normalized spacial score (nSPS) is 17.6. The third kappa shape index (κ3) is 2.54. The monoisotopic (exact) mass is 259 g/mol. The van der Waals surface area contributed by atoms with E-state index in [0.717, 1.165) is 22.2 Å². The summed E-state index contributed by atoms with van der Waals surface area (Å²) in [5.74, 6) is 0. The van der Waals surface area contributed by atoms with Crippen LogP contribution in [0.3, 0.4) is 0 Å². The average Bonchev–Trinajstić information content (AvgIpc) is 2.42. The van der Waals surface area contributed by atoms with Gasteiger partial charge >= 0.3 is 0 Å². The van der Waals surface area contributed by atoms with Crippen molar-refractivity contribution in [3.8, 4) is 0 Å². The first kappa shape index (κ1) is 9.21. The fraction of sp³-hybridized carbons (Fsp3) is 0.444. The lowest BCUT2D eigenvalue weighted by Crippen LogP contribution is -2.18. The Bertz CT molecular complexity index is 306. The second-order valence-electron chi connectivity index (χ2n) is 3.08. The Morgan fingerprint density at radius 2 is 2.46 bits per heavy atom. The van der Waals surface area contributed by atoms with E-state index in [1.807, 2.05) is 11.4 Å². The van der Waals surface area contributed by atoms with Gasteiger partial charge in [0.1, 0.15) is 6.10 Å². The number of hydrogen-bond acceptors (Lipinski definition) is 3. The molecule has 1 saturated carbocycles. The predicted octanol–water partition coefficient (Wildman–Crippen LogP) is 3.41. The molecular weight excluding hydrogens is 250 g/mol. The van der Waals surface area contributed by atoms with Gasteiger partial charge in [-0.25, -0.2) is 0 Å². The summed E-state index contributed by atoms with van der Waals surface area (Å²) in [6.07, 6.45) is 5.73. The molecule has 0 atom stereocenters. The van der Waals surface area contributed by atoms with Crippen LogP contribution in [0.5, 0.6) is 0 Å². The highest BCUT2D eigenvalue weighted by atomic mass is 79.9. The minimum Gasteiger partial charge on any atom is -0.393 e. The highest BCUT2D eigenvalue weighted by Gasteiger charge is 2.18. The second-order valence-corrected chi connectivity index (χ2v) is 5.37. The zero-order chi connectivity index (χ0) is 9.10. The minimum absolute atomic E-state index is 0.373. The van der Waals surface area contributed by atoms with Gasteiger partial charge in [0, 0.05) is 10.9 Å². The van der Waals surface area contributed by atoms with Gasteiger partial charge in [0.25, 0.3) is 0 Å². The van der Waals surface area contributed by atoms with Crippen molar-refractivity contribution in [2.75, 3.05) is 0 Å². The molecule has 2 rings (SSSR count). The van der Waals surface area contributed by atoms with Crippen molar-refractivity contribution in [2.45, 2.75) is 25.4 Å². The molecule has 0 unspecified atom stereocenters. The third-order valence-corrected chi connectivity index (χ3v) is 3.57. The third-order valence-electron chi connectivity index (χ3n) is 2.05. The van der Waals surface area contributed by atoms with Gasteiger partial charge in [-0.15, -0.1) is 11.3 Å². The average molecular weight is 260 g/mol. The fourth-order valence-corrected chi connectivity index (χ4v) is 2.17. The molecule has 0 N–H and O–H groups in total. The lowest BCUT2D eigenvalue weighted by atomic mass is 9.97. The van der Waals surface area contributed by atoms with E-state index in [2.05, 4.69) is 21.1 Å². The van der Waals surface area contributed by atoms with Crippen molar-refractivity contribution in [3.05, 3.63) is 20.8 Å². The second kappa shape index (κ2) is 4.24. The molecule has 1 aliphatic rings. The van der Waals surface area contributed by atoms with E-state index >= 15 is 0 Å². The van der Waals surface area contributed by atoms with Crippen LogP contribution < -0.4 is 0 Å². The predicted molar refractivity (Wildman–Crippen MR) is 58.3 cm³/mol. The van der Waals surface area contributed by atoms with Crippen LogP contribution in [-0.2, 0) is 4.84 Å². The molecule has 13 heavy (non-hydrogen) atoms. The molecule has 0 radical (unpaired) electrons. The summed E-state index contributed by atoms with van der Waals surface area (Å²) >= 11 is 5.05. The van der Waals surface area contributed by atoms with E-state index in [9.17, 15) is 0 Å². The smallest absolute Gasteiger partial charge is 0.127 e. The lowest BCUT2D eigenvalue weighted by Gasteiger charge is -2.22. The number of hydrogen-bond donors (Lipinski definition) is 0. The number of halogens is 1. The highest BCUT2D eigenvalue weighted by molar-refractivity contribution is 9.11. The topological polar surface area (TPSA) is 21.6 Å². The first-order valence-corrected chi connectivity index (χ1v) is 5.95. The van der Waals surface area contributed by atoms with Gasteiger partial charge in [0.2, 0.25) is 0 Å². The van der Waals surface area contributed by atoms with E-state index in [0.29, 0.717) is 6.10 Å². The van der Waals surface area contributed by atoms with Gasteiger partial charge < -0.3 is 4.84 Å². The maximum atomic E-state index is 5.25. The molecule has 1 heterocycles. The Labute approximate surface area is 89.7 Å². The summed E-state index contributed by atoms with van der Waals surface area (Å²) in [5, 5.41) is 5.98. The van der Waals surface area contributed by atoms with Crippen LogP contribution in [0.4, 0.5) is 0 Å². The summed E-state index contributed by atoms with van der Waals surface area (Å²) in [6, 6.07) is 2.03. The van der Waals surface area contributed by atoms with Crippen molar-refractivity contribution < 1.29 is 4.84 Å². The molecule has 2 nitrogen and oxygen atoms in total. The molecule has 1 fully saturated rings. The molecule has 0 aliphatic heterocycles. The Morgan fingerprint density at radius 1 is 1.62 bits per heavy atom. The number of rotatable bonds is 3. The van der Waals surface area contributed by atoms with Gasteiger partial charge in [0.15, 0.2) is 0 Å². The van der Waals surface area contributed by atoms with Gasteiger partial charge in [-0.05, 0) is 41.3 Å². The van der Waals surface area contributed by atoms with Crippen molar-refractivity contribution in [3.63, 3.8) is 0 Å². The van der Waals surface area contributed by atoms with Gasteiger partial charge in [0.05, 0.1) is 10.0 Å². The molecule has 4 heteroatoms. The number of oxime groups is 1. The van der Waals surface area contributed by atoms with E-state index in [1.165, 1.54) is 6.42 Å². The van der Waals surface area contributed by atoms with Gasteiger partial charge in [-0.3, -0.25) is 0 Å². The van der Waals surface area contributed by atoms with E-state index in [4.69, 9.17) is 4.84 Å². The Morgan fingerprint density at radius 3 is 3.00 bits per heavy atom. The molecule has 1 aromatic heterocycles. The fourth-order valence-electron chi connectivity index (χ4n) is 1.04. The molecule has 0 aromatic carbocycles. The Kier molecular flexibility index (Phi) is 3.01. The lowest BCUT2D eigenvalue weighted by molar-refractivity contribution is 0.00700. The quantitative estimate of drug-likeness (QED) is 0.602. The van der Waals surface area contributed by atoms with Crippen LogP contribution in [-0.4, -0.2) is 12.3 Å². The van der Waals surface area contributed by atoms with Gasteiger partial charge in [-0.2, -0.15) is 0 Å². The first-order valence-electron chi connectivity index (χ1n) is 4.28. The highest BCUT2D eigenvalue weighted by Crippen LogP contribution is 2.22. The Balaban J connectivity index is 1.82. The molecule has 0 amide bonds. The van der Waals surface area contributed by atoms with E-state index in [1.54, 1.807) is 17.6 Å². The summed E-state index contributed by atoms with van der Waals surface area (Å²) in [4.78, 5) is 5.25. The van der Waals surface area contributed by atoms with Crippen molar-refractivity contribution in [1.82, 2.24) is 0 Å². The van der Waals surface area contributed by atoms with Crippen LogP contribution in [0, 0.1) is 0 Å². The number of nitrogens with zero attached hydrogens (tertiary/aromatic N) is 1. The molecule has 1 aromatic rings. The van der Waals surface area contributed by atoms with Crippen LogP contribution in [0.15, 0.2) is 20.4 Å². The van der Waals surface area contributed by atoms with Crippen molar-refractivity contribution in [1.29, 1.82) is 0 Å². The Hall–Kier alpha value is -0.350. The molecule has 0 saturated heterocycles. The van der Waals surface area contributed by atoms with Crippen LogP contribution in [0.1, 0.15) is 24.8 Å². The summed E-state index contributed by atoms with van der Waals surface area (Å²) in [7, 11) is 0. The molecule has 1 aliphatic carbocycles. The first-order chi connectivity index (χ1) is 6.34. The molecular formula is C9H10BrNOS. The summed E-state index contributed by atoms with van der Waals surface area (Å²) in [6.45, 7) is 0. The van der Waals surface area contributed by atoms with E-state index in [-0.39, 0.29) is 0 Å². The van der Waals surface area contributed by atoms with Crippen molar-refractivity contribution in [2.24, 2.45) is 5.16 Å². The molecule has 70 valence electrons. The van der Waals surface area contributed by atoms with E-state index < -0.39 is 0 Å². The maximum absolute atomic E-state index is 5.25. The zero-order valence-electron chi connectivity index (χ0n) is 7.07. The van der Waals surface area contributed by atoms with Gasteiger partial charge in [-0.1, -0.05) is 5.16 Å². The summed E-state index contributed by atoms with van der Waals surface area (Å²) in [5.41, 5.74) is 1.09. The van der Waals surface area contributed by atoms with Crippen molar-refractivity contribution >= 4 is 33.5 Å². The molecule has 0 bridgehead atoms.